The lowest BCUT2D eigenvalue weighted by atomic mass is 9.88. The summed E-state index contributed by atoms with van der Waals surface area (Å²) in [4.78, 5) is 11.5. The van der Waals surface area contributed by atoms with Gasteiger partial charge in [-0.2, -0.15) is 13.2 Å². The van der Waals surface area contributed by atoms with E-state index in [9.17, 15) is 23.1 Å². The van der Waals surface area contributed by atoms with Crippen LogP contribution < -0.4 is 0 Å². The molecule has 2 aromatic carbocycles. The highest BCUT2D eigenvalue weighted by Gasteiger charge is 2.36. The number of halogens is 4. The van der Waals surface area contributed by atoms with Gasteiger partial charge in [-0.15, -0.1) is 0 Å². The first-order valence-electron chi connectivity index (χ1n) is 6.42. The van der Waals surface area contributed by atoms with Gasteiger partial charge in [-0.05, 0) is 35.7 Å². The summed E-state index contributed by atoms with van der Waals surface area (Å²) < 4.78 is 39.2. The summed E-state index contributed by atoms with van der Waals surface area (Å²) in [5, 5.41) is 9.76. The van der Waals surface area contributed by atoms with Crippen LogP contribution in [0.25, 0.3) is 0 Å². The van der Waals surface area contributed by atoms with Gasteiger partial charge in [-0.1, -0.05) is 41.9 Å². The molecule has 0 aliphatic carbocycles. The first-order valence-corrected chi connectivity index (χ1v) is 6.80. The maximum Gasteiger partial charge on any atom is 0.416 e. The molecule has 0 radical (unpaired) electrons. The maximum atomic E-state index is 13.1. The molecule has 0 saturated heterocycles. The molecule has 0 heterocycles. The van der Waals surface area contributed by atoms with Crippen LogP contribution in [0.5, 0.6) is 0 Å². The van der Waals surface area contributed by atoms with E-state index in [1.54, 1.807) is 24.3 Å². The molecule has 0 aromatic heterocycles. The number of hydrogen-bond acceptors (Lipinski definition) is 1. The lowest BCUT2D eigenvalue weighted by molar-refractivity contribution is -0.141. The van der Waals surface area contributed by atoms with E-state index < -0.39 is 23.6 Å². The molecule has 2 nitrogen and oxygen atoms in total. The van der Waals surface area contributed by atoms with Crippen molar-refractivity contribution in [2.75, 3.05) is 0 Å². The molecular weight excluding hydrogens is 317 g/mol. The standard InChI is InChI=1S/C16H12ClF3O2/c17-11-5-3-4-10(8-11)9-13(15(21)22)12-6-1-2-7-14(12)16(18,19)20/h1-8,13H,9H2,(H,21,22). The van der Waals surface area contributed by atoms with Gasteiger partial charge < -0.3 is 5.11 Å². The molecule has 22 heavy (non-hydrogen) atoms. The van der Waals surface area contributed by atoms with Crippen LogP contribution in [0.4, 0.5) is 13.2 Å². The van der Waals surface area contributed by atoms with Gasteiger partial charge in [0.25, 0.3) is 0 Å². The van der Waals surface area contributed by atoms with Crippen LogP contribution in [0.15, 0.2) is 48.5 Å². The van der Waals surface area contributed by atoms with Crippen LogP contribution >= 0.6 is 11.6 Å². The van der Waals surface area contributed by atoms with Gasteiger partial charge in [0.2, 0.25) is 0 Å². The van der Waals surface area contributed by atoms with Crippen molar-refractivity contribution in [3.63, 3.8) is 0 Å². The molecule has 2 rings (SSSR count). The van der Waals surface area contributed by atoms with Gasteiger partial charge in [0.15, 0.2) is 0 Å². The third-order valence-electron chi connectivity index (χ3n) is 3.27. The smallest absolute Gasteiger partial charge is 0.416 e. The average molecular weight is 329 g/mol. The largest absolute Gasteiger partial charge is 0.481 e. The molecule has 0 aliphatic rings. The summed E-state index contributed by atoms with van der Waals surface area (Å²) in [6.45, 7) is 0. The van der Waals surface area contributed by atoms with Crippen LogP contribution in [0.2, 0.25) is 5.02 Å². The van der Waals surface area contributed by atoms with Gasteiger partial charge >= 0.3 is 12.1 Å². The molecule has 0 spiro atoms. The molecular formula is C16H12ClF3O2. The van der Waals surface area contributed by atoms with E-state index in [0.29, 0.717) is 10.6 Å². The number of carbonyl (C=O) groups is 1. The van der Waals surface area contributed by atoms with Crippen molar-refractivity contribution >= 4 is 17.6 Å². The van der Waals surface area contributed by atoms with E-state index in [1.165, 1.54) is 18.2 Å². The maximum absolute atomic E-state index is 13.1. The van der Waals surface area contributed by atoms with Crippen LogP contribution in [-0.2, 0) is 17.4 Å². The Balaban J connectivity index is 2.44. The Kier molecular flexibility index (Phi) is 4.76. The van der Waals surface area contributed by atoms with Gasteiger partial charge in [-0.25, -0.2) is 0 Å². The molecule has 1 unspecified atom stereocenters. The van der Waals surface area contributed by atoms with Crippen molar-refractivity contribution in [2.24, 2.45) is 0 Å². The minimum Gasteiger partial charge on any atom is -0.481 e. The molecule has 0 bridgehead atoms. The number of hydrogen-bond donors (Lipinski definition) is 1. The van der Waals surface area contributed by atoms with Crippen LogP contribution in [0.3, 0.4) is 0 Å². The average Bonchev–Trinajstić information content (AvgIpc) is 2.43. The monoisotopic (exact) mass is 328 g/mol. The first-order chi connectivity index (χ1) is 10.3. The van der Waals surface area contributed by atoms with Crippen LogP contribution in [0, 0.1) is 0 Å². The quantitative estimate of drug-likeness (QED) is 0.877. The summed E-state index contributed by atoms with van der Waals surface area (Å²) in [5.74, 6) is -2.60. The van der Waals surface area contributed by atoms with Crippen molar-refractivity contribution < 1.29 is 23.1 Å². The van der Waals surface area contributed by atoms with Gasteiger partial charge in [0.05, 0.1) is 11.5 Å². The molecule has 6 heteroatoms. The lowest BCUT2D eigenvalue weighted by Crippen LogP contribution is -2.19. The Hall–Kier alpha value is -2.01. The Morgan fingerprint density at radius 2 is 1.82 bits per heavy atom. The Labute approximate surface area is 130 Å². The van der Waals surface area contributed by atoms with E-state index in [2.05, 4.69) is 0 Å². The lowest BCUT2D eigenvalue weighted by Gasteiger charge is -2.18. The fourth-order valence-corrected chi connectivity index (χ4v) is 2.50. The van der Waals surface area contributed by atoms with E-state index in [0.717, 1.165) is 6.07 Å². The number of aliphatic carboxylic acids is 1. The number of alkyl halides is 3. The summed E-state index contributed by atoms with van der Waals surface area (Å²) in [7, 11) is 0. The van der Waals surface area contributed by atoms with Gasteiger partial charge in [0, 0.05) is 5.02 Å². The van der Waals surface area contributed by atoms with Crippen LogP contribution in [-0.4, -0.2) is 11.1 Å². The molecule has 0 amide bonds. The summed E-state index contributed by atoms with van der Waals surface area (Å²) in [5.41, 5.74) is -0.608. The molecule has 2 aromatic rings. The predicted molar refractivity (Wildman–Crippen MR) is 77.0 cm³/mol. The molecule has 0 aliphatic heterocycles. The van der Waals surface area contributed by atoms with Gasteiger partial charge in [-0.3, -0.25) is 4.79 Å². The summed E-state index contributed by atoms with van der Waals surface area (Å²) in [6, 6.07) is 11.2. The van der Waals surface area contributed by atoms with E-state index in [4.69, 9.17) is 11.6 Å². The highest BCUT2D eigenvalue weighted by Crippen LogP contribution is 2.36. The van der Waals surface area contributed by atoms with E-state index in [1.807, 2.05) is 0 Å². The zero-order valence-corrected chi connectivity index (χ0v) is 12.0. The van der Waals surface area contributed by atoms with E-state index in [-0.39, 0.29) is 12.0 Å². The van der Waals surface area contributed by atoms with Gasteiger partial charge in [0.1, 0.15) is 0 Å². The minimum atomic E-state index is -4.60. The van der Waals surface area contributed by atoms with Crippen LogP contribution in [0.1, 0.15) is 22.6 Å². The number of benzene rings is 2. The highest BCUT2D eigenvalue weighted by molar-refractivity contribution is 6.30. The number of rotatable bonds is 4. The number of carboxylic acids is 1. The van der Waals surface area contributed by atoms with Crippen molar-refractivity contribution in [3.8, 4) is 0 Å². The van der Waals surface area contributed by atoms with Crippen molar-refractivity contribution in [2.45, 2.75) is 18.5 Å². The molecule has 1 atom stereocenters. The minimum absolute atomic E-state index is 0.0665. The highest BCUT2D eigenvalue weighted by atomic mass is 35.5. The van der Waals surface area contributed by atoms with E-state index >= 15 is 0 Å². The topological polar surface area (TPSA) is 37.3 Å². The Morgan fingerprint density at radius 1 is 1.14 bits per heavy atom. The number of carboxylic acid groups (broad SMARTS) is 1. The third-order valence-corrected chi connectivity index (χ3v) is 3.50. The normalized spacial score (nSPS) is 12.9. The molecule has 0 fully saturated rings. The van der Waals surface area contributed by atoms with Crippen molar-refractivity contribution in [1.82, 2.24) is 0 Å². The third kappa shape index (κ3) is 3.80. The van der Waals surface area contributed by atoms with Crippen molar-refractivity contribution in [1.29, 1.82) is 0 Å². The zero-order valence-electron chi connectivity index (χ0n) is 11.3. The summed E-state index contributed by atoms with van der Waals surface area (Å²) >= 11 is 5.83. The summed E-state index contributed by atoms with van der Waals surface area (Å²) in [6.07, 6.45) is -4.67. The Bertz CT molecular complexity index is 683. The second-order valence-electron chi connectivity index (χ2n) is 4.81. The Morgan fingerprint density at radius 3 is 2.41 bits per heavy atom. The first kappa shape index (κ1) is 16.4. The molecule has 1 N–H and O–H groups in total. The second-order valence-corrected chi connectivity index (χ2v) is 5.25. The fourth-order valence-electron chi connectivity index (χ4n) is 2.29. The SMILES string of the molecule is O=C(O)C(Cc1cccc(Cl)c1)c1ccccc1C(F)(F)F. The predicted octanol–water partition coefficient (Wildman–Crippen LogP) is 4.77. The molecule has 116 valence electrons. The van der Waals surface area contributed by atoms with Crippen molar-refractivity contribution in [3.05, 3.63) is 70.2 Å². The fraction of sp³-hybridized carbons (Fsp3) is 0.188. The zero-order chi connectivity index (χ0) is 16.3. The second kappa shape index (κ2) is 6.40. The molecule has 0 saturated carbocycles.